The highest BCUT2D eigenvalue weighted by molar-refractivity contribution is 7.96. The van der Waals surface area contributed by atoms with Crippen LogP contribution < -0.4 is 10.4 Å². The molecule has 1 aromatic carbocycles. The van der Waals surface area contributed by atoms with Gasteiger partial charge in [-0.15, -0.1) is 0 Å². The van der Waals surface area contributed by atoms with Gasteiger partial charge in [-0.05, 0) is 5.22 Å². The van der Waals surface area contributed by atoms with Crippen LogP contribution >= 0.6 is 0 Å². The van der Waals surface area contributed by atoms with Crippen molar-refractivity contribution in [3.05, 3.63) is 40.2 Å². The number of hydrogen-bond donors (Lipinski definition) is 1. The highest BCUT2D eigenvalue weighted by Crippen LogP contribution is 2.08. The summed E-state index contributed by atoms with van der Waals surface area (Å²) < 4.78 is 31.5. The maximum absolute atomic E-state index is 11.5. The fourth-order valence-corrected chi connectivity index (χ4v) is 2.48. The lowest BCUT2D eigenvalue weighted by Gasteiger charge is -2.03. The molecule has 0 atom stereocenters. The van der Waals surface area contributed by atoms with E-state index in [9.17, 15) is 13.2 Å². The Hall–Kier alpha value is -2.08. The monoisotopic (exact) mass is 250 g/mol. The smallest absolute Gasteiger partial charge is 0.361 e. The summed E-state index contributed by atoms with van der Waals surface area (Å²) >= 11 is 0. The standard InChI is InChI=1S/C10H6N2O4S/c11-12-9-8(13)5-6-3-1-2-4-7(6)10(9)17(14,15)16/h1-5H,(H,14,15,16). The summed E-state index contributed by atoms with van der Waals surface area (Å²) in [6, 6.07) is 6.09. The minimum atomic E-state index is -4.65. The van der Waals surface area contributed by atoms with Crippen LogP contribution in [-0.2, 0) is 14.9 Å². The predicted molar refractivity (Wildman–Crippen MR) is 58.7 cm³/mol. The molecule has 7 heteroatoms. The number of ketones is 1. The zero-order chi connectivity index (χ0) is 12.6. The van der Waals surface area contributed by atoms with E-state index in [1.807, 2.05) is 0 Å². The van der Waals surface area contributed by atoms with Gasteiger partial charge in [0.25, 0.3) is 5.78 Å². The predicted octanol–water partition coefficient (Wildman–Crippen LogP) is -1.28. The number of fused-ring (bicyclic) bond motifs is 1. The summed E-state index contributed by atoms with van der Waals surface area (Å²) in [5, 5.41) is 0.472. The number of carbonyl (C=O) groups is 1. The Kier molecular flexibility index (Phi) is 2.51. The topological polar surface area (TPSA) is 108 Å². The van der Waals surface area contributed by atoms with E-state index in [4.69, 9.17) is 10.1 Å². The third-order valence-corrected chi connectivity index (χ3v) is 3.23. The molecule has 2 rings (SSSR count). The van der Waals surface area contributed by atoms with Crippen LogP contribution in [-0.4, -0.2) is 29.3 Å². The lowest BCUT2D eigenvalue weighted by atomic mass is 10.1. The second-order valence-corrected chi connectivity index (χ2v) is 4.71. The van der Waals surface area contributed by atoms with E-state index in [-0.39, 0.29) is 5.22 Å². The molecule has 0 amide bonds. The van der Waals surface area contributed by atoms with Gasteiger partial charge in [-0.25, -0.2) is 0 Å². The highest BCUT2D eigenvalue weighted by Gasteiger charge is 2.35. The van der Waals surface area contributed by atoms with Gasteiger partial charge in [0.05, 0.1) is 0 Å². The van der Waals surface area contributed by atoms with Crippen LogP contribution in [0.2, 0.25) is 0 Å². The van der Waals surface area contributed by atoms with Crippen LogP contribution in [0.5, 0.6) is 0 Å². The second-order valence-electron chi connectivity index (χ2n) is 3.35. The van der Waals surface area contributed by atoms with Gasteiger partial charge in [-0.1, -0.05) is 24.3 Å². The van der Waals surface area contributed by atoms with Crippen molar-refractivity contribution in [2.75, 3.05) is 0 Å². The summed E-state index contributed by atoms with van der Waals surface area (Å²) in [6.07, 6.45) is 1.14. The van der Waals surface area contributed by atoms with E-state index in [0.29, 0.717) is 5.22 Å². The number of hydrogen-bond acceptors (Lipinski definition) is 3. The van der Waals surface area contributed by atoms with E-state index in [2.05, 4.69) is 4.79 Å². The third kappa shape index (κ3) is 1.83. The number of rotatable bonds is 1. The molecule has 17 heavy (non-hydrogen) atoms. The molecule has 0 aromatic heterocycles. The van der Waals surface area contributed by atoms with Gasteiger partial charge in [0.15, 0.2) is 4.91 Å². The average molecular weight is 250 g/mol. The van der Waals surface area contributed by atoms with E-state index in [1.54, 1.807) is 12.1 Å². The first-order chi connectivity index (χ1) is 7.95. The molecular weight excluding hydrogens is 244 g/mol. The summed E-state index contributed by atoms with van der Waals surface area (Å²) in [7, 11) is -4.65. The zero-order valence-corrected chi connectivity index (χ0v) is 9.18. The van der Waals surface area contributed by atoms with Crippen LogP contribution in [0.25, 0.3) is 16.5 Å². The van der Waals surface area contributed by atoms with Gasteiger partial charge in [0, 0.05) is 11.3 Å². The van der Waals surface area contributed by atoms with Crippen LogP contribution in [0.4, 0.5) is 0 Å². The first kappa shape index (κ1) is 11.4. The van der Waals surface area contributed by atoms with Crippen molar-refractivity contribution in [3.8, 4) is 0 Å². The number of benzene rings is 1. The van der Waals surface area contributed by atoms with Crippen molar-refractivity contribution in [2.24, 2.45) is 0 Å². The normalized spacial score (nSPS) is 15.0. The van der Waals surface area contributed by atoms with E-state index in [1.165, 1.54) is 12.1 Å². The molecule has 0 saturated carbocycles. The molecule has 6 nitrogen and oxygen atoms in total. The third-order valence-electron chi connectivity index (χ3n) is 2.30. The van der Waals surface area contributed by atoms with Crippen molar-refractivity contribution in [1.29, 1.82) is 0 Å². The van der Waals surface area contributed by atoms with E-state index >= 15 is 0 Å². The first-order valence-electron chi connectivity index (χ1n) is 4.50. The molecule has 0 heterocycles. The molecular formula is C10H6N2O4S. The van der Waals surface area contributed by atoms with Gasteiger partial charge in [-0.2, -0.15) is 13.2 Å². The maximum Gasteiger partial charge on any atom is 0.383 e. The van der Waals surface area contributed by atoms with Gasteiger partial charge in [-0.3, -0.25) is 9.35 Å². The molecule has 1 aliphatic carbocycles. The Bertz CT molecular complexity index is 786. The molecule has 1 aliphatic rings. The Morgan fingerprint density at radius 3 is 2.47 bits per heavy atom. The van der Waals surface area contributed by atoms with Gasteiger partial charge < -0.3 is 5.53 Å². The molecule has 1 aromatic rings. The molecule has 86 valence electrons. The minimum absolute atomic E-state index is 0.127. The average Bonchev–Trinajstić information content (AvgIpc) is 2.25. The number of nitrogens with zero attached hydrogens (tertiary/aromatic N) is 2. The molecule has 0 fully saturated rings. The summed E-state index contributed by atoms with van der Waals surface area (Å²) in [5.74, 6) is -0.779. The lowest BCUT2D eigenvalue weighted by molar-refractivity contribution is -0.111. The molecule has 0 saturated heterocycles. The largest absolute Gasteiger partial charge is 0.383 e. The Morgan fingerprint density at radius 1 is 1.24 bits per heavy atom. The fraction of sp³-hybridized carbons (Fsp3) is 0. The zero-order valence-electron chi connectivity index (χ0n) is 8.36. The first-order valence-corrected chi connectivity index (χ1v) is 5.94. The van der Waals surface area contributed by atoms with Crippen LogP contribution in [0.3, 0.4) is 0 Å². The molecule has 0 unspecified atom stereocenters. The molecule has 0 radical (unpaired) electrons. The molecule has 0 aliphatic heterocycles. The fourth-order valence-electron chi connectivity index (χ4n) is 1.63. The maximum atomic E-state index is 11.5. The quantitative estimate of drug-likeness (QED) is 0.380. The van der Waals surface area contributed by atoms with Gasteiger partial charge in [0.2, 0.25) is 0 Å². The molecule has 0 spiro atoms. The van der Waals surface area contributed by atoms with E-state index in [0.717, 1.165) is 6.08 Å². The summed E-state index contributed by atoms with van der Waals surface area (Å²) in [6.45, 7) is 0. The van der Waals surface area contributed by atoms with Crippen LogP contribution in [0, 0.1) is 0 Å². The Balaban J connectivity index is 3.14. The summed E-state index contributed by atoms with van der Waals surface area (Å²) in [4.78, 5) is 13.5. The molecule has 1 N–H and O–H groups in total. The lowest BCUT2D eigenvalue weighted by Crippen LogP contribution is -2.40. The van der Waals surface area contributed by atoms with Crippen molar-refractivity contribution in [1.82, 2.24) is 0 Å². The Labute approximate surface area is 95.9 Å². The van der Waals surface area contributed by atoms with Crippen molar-refractivity contribution in [2.45, 2.75) is 0 Å². The number of Topliss-reactive ketones (excluding diaryl/α,β-unsaturated/α-hetero) is 1. The van der Waals surface area contributed by atoms with Gasteiger partial charge >= 0.3 is 15.8 Å². The molecule has 0 bridgehead atoms. The highest BCUT2D eigenvalue weighted by atomic mass is 32.2. The summed E-state index contributed by atoms with van der Waals surface area (Å²) in [5.41, 5.74) is 7.98. The van der Waals surface area contributed by atoms with Crippen molar-refractivity contribution >= 4 is 32.6 Å². The SMILES string of the molecule is [N-]=[N+]=C1C(=O)C=c2ccccc2=C1S(=O)(=O)O. The van der Waals surface area contributed by atoms with Crippen LogP contribution in [0.15, 0.2) is 24.3 Å². The van der Waals surface area contributed by atoms with Crippen molar-refractivity contribution in [3.63, 3.8) is 0 Å². The van der Waals surface area contributed by atoms with Crippen LogP contribution in [0.1, 0.15) is 0 Å². The van der Waals surface area contributed by atoms with Gasteiger partial charge in [0.1, 0.15) is 0 Å². The number of carbonyl (C=O) groups excluding carboxylic acids is 1. The second kappa shape index (κ2) is 3.74. The minimum Gasteiger partial charge on any atom is -0.361 e. The Morgan fingerprint density at radius 2 is 1.88 bits per heavy atom. The van der Waals surface area contributed by atoms with E-state index < -0.39 is 26.5 Å². The van der Waals surface area contributed by atoms with Crippen molar-refractivity contribution < 1.29 is 22.6 Å².